The van der Waals surface area contributed by atoms with Gasteiger partial charge in [-0.05, 0) is 12.8 Å². The van der Waals surface area contributed by atoms with Crippen LogP contribution in [0.4, 0.5) is 0 Å². The third-order valence-electron chi connectivity index (χ3n) is 2.65. The molecule has 0 aliphatic heterocycles. The fourth-order valence-electron chi connectivity index (χ4n) is 1.58. The molecule has 2 rings (SSSR count). The van der Waals surface area contributed by atoms with Gasteiger partial charge in [-0.1, -0.05) is 0 Å². The molecule has 168 valence electrons. The number of aromatic amines is 2. The molecule has 0 fully saturated rings. The van der Waals surface area contributed by atoms with E-state index in [4.69, 9.17) is 16.6 Å². The summed E-state index contributed by atoms with van der Waals surface area (Å²) < 4.78 is 0. The highest BCUT2D eigenvalue weighted by Crippen LogP contribution is 2.01. The van der Waals surface area contributed by atoms with Gasteiger partial charge in [0.15, 0.2) is 23.2 Å². The summed E-state index contributed by atoms with van der Waals surface area (Å²) in [6, 6.07) is -1.05. The molecule has 29 heavy (non-hydrogen) atoms. The minimum absolute atomic E-state index is 0. The first-order valence-corrected chi connectivity index (χ1v) is 6.67. The number of rotatable bonds is 6. The molecule has 0 bridgehead atoms. The van der Waals surface area contributed by atoms with Gasteiger partial charge in [0.25, 0.3) is 5.56 Å². The van der Waals surface area contributed by atoms with Gasteiger partial charge in [0, 0.05) is 6.54 Å². The molecule has 0 aromatic carbocycles. The van der Waals surface area contributed by atoms with E-state index in [-0.39, 0.29) is 45.3 Å². The number of carbonyl (C=O) groups excluding carboxylic acids is 1. The molecule has 0 spiro atoms. The Balaban J connectivity index is -0.000000116. The van der Waals surface area contributed by atoms with E-state index < -0.39 is 12.0 Å². The summed E-state index contributed by atoms with van der Waals surface area (Å²) in [4.78, 5) is 50.6. The first-order valence-electron chi connectivity index (χ1n) is 6.67. The Labute approximate surface area is 162 Å². The number of carboxylic acid groups (broad SMARTS) is 1. The van der Waals surface area contributed by atoms with Gasteiger partial charge in [-0.2, -0.15) is 4.99 Å². The summed E-state index contributed by atoms with van der Waals surface area (Å²) in [5.41, 5.74) is 10.8. The highest BCUT2D eigenvalue weighted by molar-refractivity contribution is 5.75. The summed E-state index contributed by atoms with van der Waals surface area (Å²) in [5, 5.41) is 8.56. The average Bonchev–Trinajstić information content (AvgIpc) is 3.00. The smallest absolute Gasteiger partial charge is 0.329 e. The third-order valence-corrected chi connectivity index (χ3v) is 2.65. The SMILES string of the molecule is NC(N)=NCCCC(N=C=O)C(=O)O.O.O.O.O.O.O=c1[nH]cnc2nc[nH]c12. The van der Waals surface area contributed by atoms with Crippen molar-refractivity contribution in [2.45, 2.75) is 18.9 Å². The average molecular weight is 426 g/mol. The van der Waals surface area contributed by atoms with Crippen LogP contribution >= 0.6 is 0 Å². The van der Waals surface area contributed by atoms with E-state index in [0.717, 1.165) is 0 Å². The fraction of sp³-hybridized carbons (Fsp3) is 0.333. The minimum atomic E-state index is -1.15. The first-order chi connectivity index (χ1) is 11.5. The molecule has 0 saturated carbocycles. The Hall–Kier alpha value is -3.73. The maximum absolute atomic E-state index is 10.9. The van der Waals surface area contributed by atoms with Crippen LogP contribution in [0.15, 0.2) is 27.4 Å². The van der Waals surface area contributed by atoms with Crippen molar-refractivity contribution in [3.8, 4) is 0 Å². The van der Waals surface area contributed by atoms with Crippen LogP contribution in [0.2, 0.25) is 0 Å². The number of hydrogen-bond acceptors (Lipinski definition) is 7. The number of guanidine groups is 1. The molecule has 0 radical (unpaired) electrons. The largest absolute Gasteiger partial charge is 0.480 e. The van der Waals surface area contributed by atoms with E-state index in [9.17, 15) is 14.4 Å². The van der Waals surface area contributed by atoms with E-state index in [1.54, 1.807) is 0 Å². The zero-order valence-electron chi connectivity index (χ0n) is 15.0. The Morgan fingerprint density at radius 2 is 1.69 bits per heavy atom. The number of imidazole rings is 1. The van der Waals surface area contributed by atoms with Crippen molar-refractivity contribution < 1.29 is 42.1 Å². The topological polar surface area (TPSA) is 363 Å². The molecule has 1 atom stereocenters. The number of hydrogen-bond donors (Lipinski definition) is 5. The molecule has 17 nitrogen and oxygen atoms in total. The number of carbonyl (C=O) groups is 1. The fourth-order valence-corrected chi connectivity index (χ4v) is 1.58. The lowest BCUT2D eigenvalue weighted by Crippen LogP contribution is -2.23. The van der Waals surface area contributed by atoms with Crippen molar-refractivity contribution in [1.82, 2.24) is 19.9 Å². The maximum atomic E-state index is 10.9. The molecular formula is C12H26N8O9. The molecule has 0 aliphatic carbocycles. The number of carboxylic acids is 1. The number of nitrogens with zero attached hydrogens (tertiary/aromatic N) is 4. The first kappa shape index (κ1) is 36.2. The van der Waals surface area contributed by atoms with Crippen LogP contribution in [0.5, 0.6) is 0 Å². The normalized spacial score (nSPS) is 8.97. The number of aliphatic carboxylic acids is 1. The van der Waals surface area contributed by atoms with Crippen molar-refractivity contribution in [2.75, 3.05) is 6.54 Å². The maximum Gasteiger partial charge on any atom is 0.329 e. The van der Waals surface area contributed by atoms with Crippen LogP contribution in [0.1, 0.15) is 12.8 Å². The van der Waals surface area contributed by atoms with Gasteiger partial charge in [0.2, 0.25) is 6.08 Å². The van der Waals surface area contributed by atoms with Crippen molar-refractivity contribution in [3.05, 3.63) is 23.0 Å². The Morgan fingerprint density at radius 1 is 1.14 bits per heavy atom. The van der Waals surface area contributed by atoms with Crippen molar-refractivity contribution in [1.29, 1.82) is 0 Å². The van der Waals surface area contributed by atoms with Crippen molar-refractivity contribution >= 4 is 29.2 Å². The number of aliphatic imine (C=N–C) groups is 2. The van der Waals surface area contributed by atoms with Gasteiger partial charge in [0.05, 0.1) is 12.7 Å². The molecule has 17 N–H and O–H groups in total. The lowest BCUT2D eigenvalue weighted by Gasteiger charge is -2.02. The monoisotopic (exact) mass is 426 g/mol. The zero-order valence-corrected chi connectivity index (χ0v) is 15.0. The minimum Gasteiger partial charge on any atom is -0.480 e. The predicted octanol–water partition coefficient (Wildman–Crippen LogP) is -5.65. The molecule has 0 saturated heterocycles. The molecule has 2 aromatic rings. The van der Waals surface area contributed by atoms with Crippen LogP contribution < -0.4 is 17.0 Å². The lowest BCUT2D eigenvalue weighted by atomic mass is 10.2. The highest BCUT2D eigenvalue weighted by atomic mass is 16.4. The summed E-state index contributed by atoms with van der Waals surface area (Å²) >= 11 is 0. The van der Waals surface area contributed by atoms with Crippen LogP contribution in [-0.4, -0.2) is 83.0 Å². The van der Waals surface area contributed by atoms with Crippen LogP contribution in [0.3, 0.4) is 0 Å². The number of fused-ring (bicyclic) bond motifs is 1. The molecule has 2 heterocycles. The summed E-state index contributed by atoms with van der Waals surface area (Å²) in [6.45, 7) is 0.320. The van der Waals surface area contributed by atoms with Gasteiger partial charge in [-0.3, -0.25) is 9.79 Å². The summed E-state index contributed by atoms with van der Waals surface area (Å²) in [6.07, 6.45) is 4.62. The number of isocyanates is 1. The lowest BCUT2D eigenvalue weighted by molar-refractivity contribution is -0.138. The molecule has 2 aromatic heterocycles. The van der Waals surface area contributed by atoms with Crippen molar-refractivity contribution in [2.24, 2.45) is 21.5 Å². The van der Waals surface area contributed by atoms with Gasteiger partial charge < -0.3 is 53.9 Å². The van der Waals surface area contributed by atoms with E-state index in [0.29, 0.717) is 24.1 Å². The predicted molar refractivity (Wildman–Crippen MR) is 102 cm³/mol. The second-order valence-corrected chi connectivity index (χ2v) is 4.36. The molecule has 1 unspecified atom stereocenters. The summed E-state index contributed by atoms with van der Waals surface area (Å²) in [5.74, 6) is -1.20. The van der Waals surface area contributed by atoms with Crippen molar-refractivity contribution in [3.63, 3.8) is 0 Å². The van der Waals surface area contributed by atoms with E-state index in [2.05, 4.69) is 29.9 Å². The van der Waals surface area contributed by atoms with E-state index >= 15 is 0 Å². The Bertz CT molecular complexity index is 809. The third kappa shape index (κ3) is 13.1. The van der Waals surface area contributed by atoms with E-state index in [1.165, 1.54) is 18.7 Å². The number of nitrogens with one attached hydrogen (secondary N) is 2. The summed E-state index contributed by atoms with van der Waals surface area (Å²) in [7, 11) is 0. The number of H-pyrrole nitrogens is 2. The van der Waals surface area contributed by atoms with Gasteiger partial charge in [-0.15, -0.1) is 0 Å². The molecule has 0 aliphatic rings. The standard InChI is InChI=1S/C7H12N4O3.C5H4N4O.5H2O/c8-7(9)10-3-1-2-5(6(13)14)11-4-12;10-5-3-4(7-1-6-3)8-2-9-5;;;;;/h5H,1-3H2,(H,13,14)(H4,8,9,10);1-2H,(H2,6,7,8,9,10);5*1H2. The Morgan fingerprint density at radius 3 is 2.14 bits per heavy atom. The van der Waals surface area contributed by atoms with Gasteiger partial charge in [-0.25, -0.2) is 19.6 Å². The number of nitrogens with two attached hydrogens (primary N) is 2. The number of aromatic nitrogens is 4. The van der Waals surface area contributed by atoms with Crippen LogP contribution in [0.25, 0.3) is 11.2 Å². The highest BCUT2D eigenvalue weighted by Gasteiger charge is 2.14. The molecule has 0 amide bonds. The van der Waals surface area contributed by atoms with Crippen LogP contribution in [0, 0.1) is 0 Å². The second kappa shape index (κ2) is 19.0. The Kier molecular flexibility index (Phi) is 23.8. The molecule has 17 heteroatoms. The zero-order chi connectivity index (χ0) is 17.9. The van der Waals surface area contributed by atoms with Gasteiger partial charge >= 0.3 is 5.97 Å². The molecular weight excluding hydrogens is 400 g/mol. The van der Waals surface area contributed by atoms with E-state index in [1.807, 2.05) is 0 Å². The van der Waals surface area contributed by atoms with Crippen LogP contribution in [-0.2, 0) is 9.59 Å². The van der Waals surface area contributed by atoms with Gasteiger partial charge in [0.1, 0.15) is 0 Å². The quantitative estimate of drug-likeness (QED) is 0.128. The second-order valence-electron chi connectivity index (χ2n) is 4.36.